The van der Waals surface area contributed by atoms with Crippen molar-refractivity contribution >= 4 is 5.78 Å². The van der Waals surface area contributed by atoms with E-state index in [9.17, 15) is 4.79 Å². The van der Waals surface area contributed by atoms with Crippen molar-refractivity contribution in [2.45, 2.75) is 20.3 Å². The third-order valence-electron chi connectivity index (χ3n) is 2.21. The van der Waals surface area contributed by atoms with Crippen LogP contribution in [-0.4, -0.2) is 10.9 Å². The van der Waals surface area contributed by atoms with E-state index in [1.54, 1.807) is 12.1 Å². The molecule has 2 heteroatoms. The van der Waals surface area contributed by atoms with Crippen LogP contribution in [0.1, 0.15) is 30.6 Å². The van der Waals surface area contributed by atoms with Gasteiger partial charge in [0.25, 0.3) is 0 Å². The molecule has 70 valence electrons. The molecule has 0 heterocycles. The van der Waals surface area contributed by atoms with E-state index in [1.165, 1.54) is 12.1 Å². The topological polar surface area (TPSA) is 37.3 Å². The number of benzene rings is 1. The molecule has 1 aromatic carbocycles. The molecule has 1 atom stereocenters. The van der Waals surface area contributed by atoms with E-state index >= 15 is 0 Å². The van der Waals surface area contributed by atoms with Gasteiger partial charge in [0.1, 0.15) is 5.75 Å². The van der Waals surface area contributed by atoms with Gasteiger partial charge in [-0.15, -0.1) is 0 Å². The lowest BCUT2D eigenvalue weighted by Crippen LogP contribution is -2.09. The van der Waals surface area contributed by atoms with Gasteiger partial charge in [0.15, 0.2) is 5.78 Å². The van der Waals surface area contributed by atoms with Crippen LogP contribution in [-0.2, 0) is 0 Å². The predicted molar refractivity (Wildman–Crippen MR) is 51.9 cm³/mol. The minimum absolute atomic E-state index is 0.0598. The molecule has 0 amide bonds. The monoisotopic (exact) mass is 178 g/mol. The van der Waals surface area contributed by atoms with Crippen molar-refractivity contribution in [1.82, 2.24) is 0 Å². The van der Waals surface area contributed by atoms with Crippen molar-refractivity contribution in [3.8, 4) is 5.75 Å². The molecule has 1 unspecified atom stereocenters. The summed E-state index contributed by atoms with van der Waals surface area (Å²) in [6, 6.07) is 6.39. The Labute approximate surface area is 78.2 Å². The number of phenolic OH excluding ortho intramolecular Hbond substituents is 1. The first-order valence-corrected chi connectivity index (χ1v) is 4.48. The Morgan fingerprint density at radius 1 is 1.38 bits per heavy atom. The first kappa shape index (κ1) is 9.78. The number of aromatic hydroxyl groups is 1. The molecule has 13 heavy (non-hydrogen) atoms. The van der Waals surface area contributed by atoms with Crippen LogP contribution < -0.4 is 0 Å². The number of carbonyl (C=O) groups excluding carboxylic acids is 1. The minimum atomic E-state index is 0.0598. The molecule has 0 aliphatic carbocycles. The van der Waals surface area contributed by atoms with Gasteiger partial charge in [-0.2, -0.15) is 0 Å². The van der Waals surface area contributed by atoms with Crippen LogP contribution in [0.5, 0.6) is 5.75 Å². The molecule has 0 spiro atoms. The lowest BCUT2D eigenvalue weighted by molar-refractivity contribution is 0.0927. The maximum Gasteiger partial charge on any atom is 0.165 e. The normalized spacial score (nSPS) is 12.5. The molecule has 0 radical (unpaired) electrons. The summed E-state index contributed by atoms with van der Waals surface area (Å²) in [5, 5.41) is 9.02. The zero-order valence-corrected chi connectivity index (χ0v) is 7.95. The van der Waals surface area contributed by atoms with Gasteiger partial charge >= 0.3 is 0 Å². The number of hydrogen-bond donors (Lipinski definition) is 1. The average Bonchev–Trinajstić information content (AvgIpc) is 2.17. The van der Waals surface area contributed by atoms with Crippen molar-refractivity contribution in [2.75, 3.05) is 0 Å². The van der Waals surface area contributed by atoms with E-state index in [0.717, 1.165) is 6.42 Å². The number of phenols is 1. The van der Waals surface area contributed by atoms with Crippen LogP contribution >= 0.6 is 0 Å². The lowest BCUT2D eigenvalue weighted by Gasteiger charge is -2.06. The molecule has 0 bridgehead atoms. The fourth-order valence-electron chi connectivity index (χ4n) is 1.10. The quantitative estimate of drug-likeness (QED) is 0.722. The van der Waals surface area contributed by atoms with Crippen molar-refractivity contribution < 1.29 is 9.90 Å². The number of ketones is 1. The molecule has 1 N–H and O–H groups in total. The molecule has 0 fully saturated rings. The van der Waals surface area contributed by atoms with Crippen LogP contribution in [0.25, 0.3) is 0 Å². The maximum atomic E-state index is 11.6. The van der Waals surface area contributed by atoms with Crippen LogP contribution in [0.3, 0.4) is 0 Å². The van der Waals surface area contributed by atoms with Crippen LogP contribution in [0.2, 0.25) is 0 Å². The summed E-state index contributed by atoms with van der Waals surface area (Å²) >= 11 is 0. The Morgan fingerprint density at radius 2 is 1.92 bits per heavy atom. The first-order chi connectivity index (χ1) is 6.15. The third kappa shape index (κ3) is 2.31. The van der Waals surface area contributed by atoms with Gasteiger partial charge in [0, 0.05) is 11.5 Å². The van der Waals surface area contributed by atoms with Crippen molar-refractivity contribution in [2.24, 2.45) is 5.92 Å². The van der Waals surface area contributed by atoms with Gasteiger partial charge in [0.2, 0.25) is 0 Å². The molecule has 0 aliphatic heterocycles. The highest BCUT2D eigenvalue weighted by Gasteiger charge is 2.12. The van der Waals surface area contributed by atoms with E-state index in [1.807, 2.05) is 13.8 Å². The second kappa shape index (κ2) is 4.08. The zero-order valence-electron chi connectivity index (χ0n) is 7.95. The largest absolute Gasteiger partial charge is 0.508 e. The number of carbonyl (C=O) groups is 1. The standard InChI is InChI=1S/C11H14O2/c1-3-8(2)11(13)9-4-6-10(12)7-5-9/h4-8,12H,3H2,1-2H3. The van der Waals surface area contributed by atoms with Crippen molar-refractivity contribution in [3.05, 3.63) is 29.8 Å². The molecular weight excluding hydrogens is 164 g/mol. The highest BCUT2D eigenvalue weighted by Crippen LogP contribution is 2.15. The second-order valence-electron chi connectivity index (χ2n) is 3.22. The van der Waals surface area contributed by atoms with Crippen LogP contribution in [0, 0.1) is 5.92 Å². The third-order valence-corrected chi connectivity index (χ3v) is 2.21. The Balaban J connectivity index is 2.83. The SMILES string of the molecule is CCC(C)C(=O)c1ccc(O)cc1. The number of rotatable bonds is 3. The smallest absolute Gasteiger partial charge is 0.165 e. The zero-order chi connectivity index (χ0) is 9.84. The summed E-state index contributed by atoms with van der Waals surface area (Å²) in [6.45, 7) is 3.90. The first-order valence-electron chi connectivity index (χ1n) is 4.48. The van der Waals surface area contributed by atoms with Gasteiger partial charge in [-0.1, -0.05) is 13.8 Å². The van der Waals surface area contributed by atoms with Gasteiger partial charge in [0.05, 0.1) is 0 Å². The number of Topliss-reactive ketones (excluding diaryl/α,β-unsaturated/α-hetero) is 1. The molecule has 0 saturated carbocycles. The fraction of sp³-hybridized carbons (Fsp3) is 0.364. The van der Waals surface area contributed by atoms with Crippen LogP contribution in [0.4, 0.5) is 0 Å². The maximum absolute atomic E-state index is 11.6. The predicted octanol–water partition coefficient (Wildman–Crippen LogP) is 2.62. The van der Waals surface area contributed by atoms with E-state index in [0.29, 0.717) is 5.56 Å². The number of hydrogen-bond acceptors (Lipinski definition) is 2. The molecule has 2 nitrogen and oxygen atoms in total. The van der Waals surface area contributed by atoms with Gasteiger partial charge in [-0.3, -0.25) is 4.79 Å². The highest BCUT2D eigenvalue weighted by molar-refractivity contribution is 5.97. The highest BCUT2D eigenvalue weighted by atomic mass is 16.3. The molecule has 0 saturated heterocycles. The van der Waals surface area contributed by atoms with Crippen molar-refractivity contribution in [3.63, 3.8) is 0 Å². The Kier molecular flexibility index (Phi) is 3.07. The Bertz CT molecular complexity index is 287. The Morgan fingerprint density at radius 3 is 2.38 bits per heavy atom. The summed E-state index contributed by atoms with van der Waals surface area (Å²) in [5.41, 5.74) is 0.673. The molecular formula is C11H14O2. The summed E-state index contributed by atoms with van der Waals surface area (Å²) in [7, 11) is 0. The molecule has 0 aliphatic rings. The summed E-state index contributed by atoms with van der Waals surface area (Å²) in [5.74, 6) is 0.396. The van der Waals surface area contributed by atoms with Gasteiger partial charge in [-0.05, 0) is 30.7 Å². The van der Waals surface area contributed by atoms with E-state index in [4.69, 9.17) is 5.11 Å². The second-order valence-corrected chi connectivity index (χ2v) is 3.22. The molecule has 1 aromatic rings. The van der Waals surface area contributed by atoms with Crippen molar-refractivity contribution in [1.29, 1.82) is 0 Å². The van der Waals surface area contributed by atoms with E-state index in [2.05, 4.69) is 0 Å². The van der Waals surface area contributed by atoms with Crippen LogP contribution in [0.15, 0.2) is 24.3 Å². The Hall–Kier alpha value is -1.31. The van der Waals surface area contributed by atoms with Gasteiger partial charge in [-0.25, -0.2) is 0 Å². The summed E-state index contributed by atoms with van der Waals surface area (Å²) in [4.78, 5) is 11.6. The summed E-state index contributed by atoms with van der Waals surface area (Å²) in [6.07, 6.45) is 0.847. The fourth-order valence-corrected chi connectivity index (χ4v) is 1.10. The summed E-state index contributed by atoms with van der Waals surface area (Å²) < 4.78 is 0. The molecule has 0 aromatic heterocycles. The van der Waals surface area contributed by atoms with E-state index in [-0.39, 0.29) is 17.5 Å². The minimum Gasteiger partial charge on any atom is -0.508 e. The average molecular weight is 178 g/mol. The van der Waals surface area contributed by atoms with E-state index < -0.39 is 0 Å². The molecule has 1 rings (SSSR count). The van der Waals surface area contributed by atoms with Gasteiger partial charge < -0.3 is 5.11 Å². The lowest BCUT2D eigenvalue weighted by atomic mass is 9.97.